The summed E-state index contributed by atoms with van der Waals surface area (Å²) in [5.74, 6) is 0.537. The molecule has 1 aromatic carbocycles. The summed E-state index contributed by atoms with van der Waals surface area (Å²) in [7, 11) is 0. The molecular weight excluding hydrogens is 350 g/mol. The van der Waals surface area contributed by atoms with Crippen molar-refractivity contribution >= 4 is 28.4 Å². The summed E-state index contributed by atoms with van der Waals surface area (Å²) < 4.78 is 5.99. The van der Waals surface area contributed by atoms with Gasteiger partial charge in [-0.2, -0.15) is 0 Å². The number of pyridine rings is 2. The second-order valence-electron chi connectivity index (χ2n) is 6.33. The second kappa shape index (κ2) is 7.30. The summed E-state index contributed by atoms with van der Waals surface area (Å²) >= 11 is 6.12. The molecule has 26 heavy (non-hydrogen) atoms. The predicted octanol–water partition coefficient (Wildman–Crippen LogP) is 3.97. The van der Waals surface area contributed by atoms with Crippen molar-refractivity contribution in [3.8, 4) is 5.75 Å². The fourth-order valence-corrected chi connectivity index (χ4v) is 3.37. The lowest BCUT2D eigenvalue weighted by Crippen LogP contribution is -2.44. The molecule has 0 bridgehead atoms. The summed E-state index contributed by atoms with van der Waals surface area (Å²) in [6.45, 7) is 1.23. The van der Waals surface area contributed by atoms with E-state index in [0.717, 1.165) is 23.7 Å². The third-order valence-electron chi connectivity index (χ3n) is 4.51. The molecule has 1 amide bonds. The molecule has 1 saturated heterocycles. The molecule has 6 heteroatoms. The zero-order valence-electron chi connectivity index (χ0n) is 14.1. The largest absolute Gasteiger partial charge is 0.487 e. The number of likely N-dealkylation sites (tertiary alicyclic amines) is 1. The second-order valence-corrected chi connectivity index (χ2v) is 6.74. The lowest BCUT2D eigenvalue weighted by atomic mass is 10.1. The number of benzene rings is 1. The minimum atomic E-state index is -0.0898. The van der Waals surface area contributed by atoms with Crippen LogP contribution in [-0.2, 0) is 0 Å². The van der Waals surface area contributed by atoms with E-state index in [1.165, 1.54) is 0 Å². The number of hydrogen-bond acceptors (Lipinski definition) is 4. The monoisotopic (exact) mass is 367 g/mol. The summed E-state index contributed by atoms with van der Waals surface area (Å²) in [6.07, 6.45) is 4.88. The number of para-hydroxylation sites is 1. The number of amides is 1. The van der Waals surface area contributed by atoms with E-state index < -0.39 is 0 Å². The number of hydrogen-bond donors (Lipinski definition) is 0. The van der Waals surface area contributed by atoms with Crippen molar-refractivity contribution < 1.29 is 9.53 Å². The van der Waals surface area contributed by atoms with Gasteiger partial charge in [-0.3, -0.25) is 9.78 Å². The highest BCUT2D eigenvalue weighted by atomic mass is 35.5. The molecule has 5 nitrogen and oxygen atoms in total. The van der Waals surface area contributed by atoms with Gasteiger partial charge in [0.2, 0.25) is 0 Å². The van der Waals surface area contributed by atoms with Crippen LogP contribution in [0.15, 0.2) is 54.9 Å². The first-order chi connectivity index (χ1) is 12.7. The molecule has 4 rings (SSSR count). The molecule has 1 aliphatic rings. The molecular formula is C20H18ClN3O2. The van der Waals surface area contributed by atoms with E-state index in [9.17, 15) is 4.79 Å². The maximum atomic E-state index is 12.9. The van der Waals surface area contributed by atoms with Crippen LogP contribution in [-0.4, -0.2) is 40.0 Å². The van der Waals surface area contributed by atoms with Gasteiger partial charge in [-0.1, -0.05) is 35.9 Å². The summed E-state index contributed by atoms with van der Waals surface area (Å²) in [5, 5.41) is 1.50. The van der Waals surface area contributed by atoms with E-state index in [2.05, 4.69) is 9.97 Å². The Morgan fingerprint density at radius 1 is 1.19 bits per heavy atom. The molecule has 1 unspecified atom stereocenters. The molecule has 1 aliphatic heterocycles. The third-order valence-corrected chi connectivity index (χ3v) is 4.80. The van der Waals surface area contributed by atoms with Gasteiger partial charge in [0.25, 0.3) is 5.91 Å². The van der Waals surface area contributed by atoms with Crippen LogP contribution in [0, 0.1) is 0 Å². The van der Waals surface area contributed by atoms with E-state index in [1.807, 2.05) is 30.3 Å². The Kier molecular flexibility index (Phi) is 4.71. The summed E-state index contributed by atoms with van der Waals surface area (Å²) in [5.41, 5.74) is 1.29. The predicted molar refractivity (Wildman–Crippen MR) is 101 cm³/mol. The fourth-order valence-electron chi connectivity index (χ4n) is 3.20. The van der Waals surface area contributed by atoms with Crippen molar-refractivity contribution in [2.24, 2.45) is 0 Å². The van der Waals surface area contributed by atoms with E-state index in [0.29, 0.717) is 29.6 Å². The molecule has 0 saturated carbocycles. The van der Waals surface area contributed by atoms with E-state index in [4.69, 9.17) is 16.3 Å². The molecule has 132 valence electrons. The van der Waals surface area contributed by atoms with Gasteiger partial charge >= 0.3 is 0 Å². The minimum absolute atomic E-state index is 0.0649. The highest BCUT2D eigenvalue weighted by molar-refractivity contribution is 6.31. The Labute approximate surface area is 156 Å². The van der Waals surface area contributed by atoms with Crippen LogP contribution < -0.4 is 4.74 Å². The highest BCUT2D eigenvalue weighted by Crippen LogP contribution is 2.26. The Morgan fingerprint density at radius 3 is 2.96 bits per heavy atom. The molecule has 3 heterocycles. The number of fused-ring (bicyclic) bond motifs is 1. The smallest absolute Gasteiger partial charge is 0.272 e. The Bertz CT molecular complexity index is 947. The van der Waals surface area contributed by atoms with Gasteiger partial charge < -0.3 is 9.64 Å². The normalized spacial score (nSPS) is 17.3. The van der Waals surface area contributed by atoms with Crippen molar-refractivity contribution in [1.82, 2.24) is 14.9 Å². The number of piperidine rings is 1. The maximum Gasteiger partial charge on any atom is 0.272 e. The number of halogens is 1. The summed E-state index contributed by atoms with van der Waals surface area (Å²) in [4.78, 5) is 23.2. The first-order valence-electron chi connectivity index (χ1n) is 8.62. The van der Waals surface area contributed by atoms with Gasteiger partial charge in [-0.15, -0.1) is 0 Å². The average Bonchev–Trinajstić information content (AvgIpc) is 2.69. The number of rotatable bonds is 3. The van der Waals surface area contributed by atoms with Crippen LogP contribution in [0.1, 0.15) is 23.3 Å². The zero-order valence-corrected chi connectivity index (χ0v) is 14.9. The van der Waals surface area contributed by atoms with E-state index in [1.54, 1.807) is 29.4 Å². The lowest BCUT2D eigenvalue weighted by Gasteiger charge is -2.32. The van der Waals surface area contributed by atoms with Crippen LogP contribution >= 0.6 is 11.6 Å². The first-order valence-corrected chi connectivity index (χ1v) is 9.00. The van der Waals surface area contributed by atoms with Crippen molar-refractivity contribution in [2.45, 2.75) is 18.9 Å². The standard InChI is InChI=1S/C20H18ClN3O2/c21-16-12-22-10-9-19(16)26-15-5-3-11-24(13-15)20(25)18-8-7-14-4-1-2-6-17(14)23-18/h1-2,4,6-10,12,15H,3,5,11,13H2. The average molecular weight is 368 g/mol. The van der Waals surface area contributed by atoms with Gasteiger partial charge in [-0.25, -0.2) is 4.98 Å². The number of carbonyl (C=O) groups excluding carboxylic acids is 1. The molecule has 1 fully saturated rings. The number of ether oxygens (including phenoxy) is 1. The quantitative estimate of drug-likeness (QED) is 0.703. The minimum Gasteiger partial charge on any atom is -0.487 e. The maximum absolute atomic E-state index is 12.9. The van der Waals surface area contributed by atoms with Gasteiger partial charge in [0.05, 0.1) is 12.1 Å². The van der Waals surface area contributed by atoms with Crippen molar-refractivity contribution in [3.05, 3.63) is 65.6 Å². The topological polar surface area (TPSA) is 55.3 Å². The SMILES string of the molecule is O=C(c1ccc2ccccc2n1)N1CCCC(Oc2ccncc2Cl)C1. The van der Waals surface area contributed by atoms with E-state index >= 15 is 0 Å². The summed E-state index contributed by atoms with van der Waals surface area (Å²) in [6, 6.07) is 13.3. The Balaban J connectivity index is 1.49. The highest BCUT2D eigenvalue weighted by Gasteiger charge is 2.26. The van der Waals surface area contributed by atoms with Crippen LogP contribution in [0.4, 0.5) is 0 Å². The molecule has 3 aromatic rings. The number of aromatic nitrogens is 2. The van der Waals surface area contributed by atoms with Crippen LogP contribution in [0.5, 0.6) is 5.75 Å². The first kappa shape index (κ1) is 16.8. The van der Waals surface area contributed by atoms with Crippen LogP contribution in [0.25, 0.3) is 10.9 Å². The molecule has 0 N–H and O–H groups in total. The number of carbonyl (C=O) groups is 1. The lowest BCUT2D eigenvalue weighted by molar-refractivity contribution is 0.0533. The molecule has 0 radical (unpaired) electrons. The third kappa shape index (κ3) is 3.48. The van der Waals surface area contributed by atoms with Crippen LogP contribution in [0.3, 0.4) is 0 Å². The van der Waals surface area contributed by atoms with Gasteiger partial charge in [0.15, 0.2) is 0 Å². The fraction of sp³-hybridized carbons (Fsp3) is 0.250. The molecule has 2 aromatic heterocycles. The van der Waals surface area contributed by atoms with Crippen molar-refractivity contribution in [3.63, 3.8) is 0 Å². The van der Waals surface area contributed by atoms with Crippen LogP contribution in [0.2, 0.25) is 5.02 Å². The molecule has 1 atom stereocenters. The molecule has 0 spiro atoms. The Morgan fingerprint density at radius 2 is 2.08 bits per heavy atom. The van der Waals surface area contributed by atoms with Gasteiger partial charge in [0, 0.05) is 30.4 Å². The van der Waals surface area contributed by atoms with Gasteiger partial charge in [0.1, 0.15) is 22.6 Å². The van der Waals surface area contributed by atoms with E-state index in [-0.39, 0.29) is 12.0 Å². The number of nitrogens with zero attached hydrogens (tertiary/aromatic N) is 3. The molecule has 0 aliphatic carbocycles. The van der Waals surface area contributed by atoms with Gasteiger partial charge in [-0.05, 0) is 25.0 Å². The van der Waals surface area contributed by atoms with Crippen molar-refractivity contribution in [2.75, 3.05) is 13.1 Å². The van der Waals surface area contributed by atoms with Crippen molar-refractivity contribution in [1.29, 1.82) is 0 Å². The Hall–Kier alpha value is -2.66. The zero-order chi connectivity index (χ0) is 17.9.